The molecule has 0 saturated carbocycles. The highest BCUT2D eigenvalue weighted by Gasteiger charge is 2.37. The van der Waals surface area contributed by atoms with E-state index in [1.165, 1.54) is 0 Å². The highest BCUT2D eigenvalue weighted by Crippen LogP contribution is 2.37. The molecule has 0 spiro atoms. The van der Waals surface area contributed by atoms with Gasteiger partial charge in [0.1, 0.15) is 0 Å². The summed E-state index contributed by atoms with van der Waals surface area (Å²) in [7, 11) is -7.13. The maximum Gasteiger partial charge on any atom is 0.195 e. The van der Waals surface area contributed by atoms with Crippen molar-refractivity contribution >= 4 is 44.8 Å². The van der Waals surface area contributed by atoms with E-state index in [4.69, 9.17) is 8.23 Å². The molecule has 0 N–H and O–H groups in total. The largest absolute Gasteiger partial charge is 0.456 e. The van der Waals surface area contributed by atoms with Crippen molar-refractivity contribution in [2.45, 2.75) is 104 Å². The second-order valence-electron chi connectivity index (χ2n) is 14.2. The summed E-state index contributed by atoms with van der Waals surface area (Å²) in [5.74, 6) is 0.0150. The molecule has 0 aliphatic heterocycles. The van der Waals surface area contributed by atoms with Crippen LogP contribution >= 0.6 is 0 Å². The lowest BCUT2D eigenvalue weighted by molar-refractivity contribution is 0.0976. The van der Waals surface area contributed by atoms with Gasteiger partial charge < -0.3 is 8.23 Å². The molecular weight excluding hydrogens is 537 g/mol. The molecule has 4 nitrogen and oxygen atoms in total. The summed E-state index contributed by atoms with van der Waals surface area (Å²) in [6.45, 7) is 26.4. The van der Waals surface area contributed by atoms with E-state index < -0.39 is 33.3 Å². The van der Waals surface area contributed by atoms with E-state index in [-0.39, 0.29) is 11.6 Å². The average molecular weight is 585 g/mol. The highest BCUT2D eigenvalue weighted by molar-refractivity contribution is 6.84. The Morgan fingerprint density at radius 2 is 0.842 bits per heavy atom. The van der Waals surface area contributed by atoms with Gasteiger partial charge in [-0.15, -0.1) is 0 Å². The molecule has 0 amide bonds. The van der Waals surface area contributed by atoms with Crippen LogP contribution in [-0.2, 0) is 21.1 Å². The molecule has 1 aliphatic rings. The Morgan fingerprint density at radius 1 is 0.526 bits per heavy atom. The van der Waals surface area contributed by atoms with E-state index in [0.717, 1.165) is 47.2 Å². The summed E-state index contributed by atoms with van der Waals surface area (Å²) in [5.41, 5.74) is 6.18. The van der Waals surface area contributed by atoms with Crippen molar-refractivity contribution in [2.24, 2.45) is 0 Å². The zero-order valence-corrected chi connectivity index (χ0v) is 29.8. The minimum absolute atomic E-state index is 0.00184. The first-order valence-corrected chi connectivity index (χ1v) is 27.0. The molecule has 208 valence electrons. The Morgan fingerprint density at radius 3 is 1.16 bits per heavy atom. The van der Waals surface area contributed by atoms with Crippen molar-refractivity contribution in [1.29, 1.82) is 0 Å². The van der Waals surface area contributed by atoms with E-state index in [1.54, 1.807) is 0 Å². The lowest BCUT2D eigenvalue weighted by atomic mass is 9.76. The van der Waals surface area contributed by atoms with Crippen molar-refractivity contribution in [1.82, 2.24) is 0 Å². The van der Waals surface area contributed by atoms with Gasteiger partial charge >= 0.3 is 0 Å². The van der Waals surface area contributed by atoms with Gasteiger partial charge in [-0.05, 0) is 127 Å². The Labute approximate surface area is 235 Å². The number of aryl methyl sites for hydroxylation is 4. The minimum Gasteiger partial charge on any atom is -0.456 e. The second kappa shape index (κ2) is 10.9. The van der Waals surface area contributed by atoms with E-state index in [1.807, 2.05) is 26.0 Å². The molecule has 2 aromatic carbocycles. The number of ketones is 2. The van der Waals surface area contributed by atoms with Gasteiger partial charge in [-0.1, -0.05) is 24.3 Å². The molecule has 0 atom stereocenters. The first-order chi connectivity index (χ1) is 17.2. The lowest BCUT2D eigenvalue weighted by Gasteiger charge is -2.32. The number of hydrogen-bond donors (Lipinski definition) is 0. The first-order valence-electron chi connectivity index (χ1n) is 14.0. The Hall–Kier alpha value is -1.43. The minimum atomic E-state index is -1.90. The monoisotopic (exact) mass is 584 g/mol. The molecule has 0 saturated heterocycles. The summed E-state index contributed by atoms with van der Waals surface area (Å²) >= 11 is 0. The fourth-order valence-electron chi connectivity index (χ4n) is 5.90. The average Bonchev–Trinajstić information content (AvgIpc) is 2.72. The van der Waals surface area contributed by atoms with Gasteiger partial charge in [-0.3, -0.25) is 9.59 Å². The van der Waals surface area contributed by atoms with E-state index >= 15 is 0 Å². The fraction of sp³-hybridized carbons (Fsp3) is 0.533. The lowest BCUT2D eigenvalue weighted by Crippen LogP contribution is -2.42. The molecule has 0 radical (unpaired) electrons. The Balaban J connectivity index is 2.03. The maximum absolute atomic E-state index is 14.3. The highest BCUT2D eigenvalue weighted by atomic mass is 28.4. The normalized spacial score (nSPS) is 14.5. The molecule has 0 bridgehead atoms. The molecular formula is C30H48O4Si4. The van der Waals surface area contributed by atoms with Gasteiger partial charge in [-0.2, -0.15) is 0 Å². The van der Waals surface area contributed by atoms with E-state index in [9.17, 15) is 9.59 Å². The van der Waals surface area contributed by atoms with E-state index in [2.05, 4.69) is 77.6 Å². The molecule has 1 aliphatic carbocycles. The number of hydrogen-bond acceptors (Lipinski definition) is 4. The molecule has 8 heteroatoms. The van der Waals surface area contributed by atoms with Crippen LogP contribution in [0.25, 0.3) is 0 Å². The molecule has 0 fully saturated rings. The van der Waals surface area contributed by atoms with E-state index in [0.29, 0.717) is 22.3 Å². The van der Waals surface area contributed by atoms with Crippen molar-refractivity contribution in [3.63, 3.8) is 0 Å². The number of fused-ring (bicyclic) bond motifs is 2. The van der Waals surface area contributed by atoms with Crippen LogP contribution in [0.3, 0.4) is 0 Å². The van der Waals surface area contributed by atoms with Crippen LogP contribution in [0, 0.1) is 13.8 Å². The zero-order chi connectivity index (χ0) is 28.8. The van der Waals surface area contributed by atoms with Crippen LogP contribution in [0.5, 0.6) is 0 Å². The number of rotatable bonds is 10. The Bertz CT molecular complexity index is 1160. The third kappa shape index (κ3) is 7.40. The first kappa shape index (κ1) is 31.1. The van der Waals surface area contributed by atoms with Crippen LogP contribution < -0.4 is 0 Å². The topological polar surface area (TPSA) is 52.6 Å². The molecule has 2 aromatic rings. The summed E-state index contributed by atoms with van der Waals surface area (Å²) < 4.78 is 13.1. The van der Waals surface area contributed by atoms with Crippen LogP contribution in [0.15, 0.2) is 24.3 Å². The van der Waals surface area contributed by atoms with Gasteiger partial charge in [0.05, 0.1) is 0 Å². The molecule has 0 heterocycles. The van der Waals surface area contributed by atoms with Gasteiger partial charge in [0, 0.05) is 22.3 Å². The summed E-state index contributed by atoms with van der Waals surface area (Å²) in [4.78, 5) is 28.3. The molecule has 0 unspecified atom stereocenters. The van der Waals surface area contributed by atoms with Crippen molar-refractivity contribution in [3.05, 3.63) is 68.8 Å². The smallest absolute Gasteiger partial charge is 0.195 e. The van der Waals surface area contributed by atoms with Gasteiger partial charge in [0.15, 0.2) is 44.8 Å². The Kier molecular flexibility index (Phi) is 8.89. The van der Waals surface area contributed by atoms with Gasteiger partial charge in [-0.25, -0.2) is 0 Å². The number of carbonyl (C=O) groups is 2. The van der Waals surface area contributed by atoms with Crippen molar-refractivity contribution in [2.75, 3.05) is 0 Å². The number of carbonyl (C=O) groups excluding carboxylic acids is 2. The van der Waals surface area contributed by atoms with Crippen LogP contribution in [0.4, 0.5) is 0 Å². The predicted molar refractivity (Wildman–Crippen MR) is 170 cm³/mol. The third-order valence-electron chi connectivity index (χ3n) is 7.07. The second-order valence-corrected chi connectivity index (χ2v) is 32.3. The fourth-order valence-corrected chi connectivity index (χ4v) is 21.7. The van der Waals surface area contributed by atoms with Crippen molar-refractivity contribution < 1.29 is 17.8 Å². The number of benzene rings is 2. The maximum atomic E-state index is 14.3. The molecule has 0 aromatic heterocycles. The summed E-state index contributed by atoms with van der Waals surface area (Å²) in [6.07, 6.45) is 1.51. The molecule has 3 rings (SSSR count). The zero-order valence-electron chi connectivity index (χ0n) is 25.8. The summed E-state index contributed by atoms with van der Waals surface area (Å²) in [5, 5.41) is 0. The van der Waals surface area contributed by atoms with Crippen LogP contribution in [0.1, 0.15) is 54.1 Å². The van der Waals surface area contributed by atoms with Gasteiger partial charge in [0.2, 0.25) is 0 Å². The van der Waals surface area contributed by atoms with Crippen LogP contribution in [0.2, 0.25) is 77.6 Å². The predicted octanol–water partition coefficient (Wildman–Crippen LogP) is 8.28. The molecule has 38 heavy (non-hydrogen) atoms. The SMILES string of the molecule is Cc1ccc(CC[Si](C)(C)O[Si](C)(C)C)c2c1C(=O)c1c(C)ccc(CC[Si](C)(C)O[Si](C)(C)C)c1C2=O. The van der Waals surface area contributed by atoms with Gasteiger partial charge in [0.25, 0.3) is 0 Å². The van der Waals surface area contributed by atoms with Crippen LogP contribution in [-0.4, -0.2) is 44.8 Å². The third-order valence-corrected chi connectivity index (χ3v) is 19.3. The van der Waals surface area contributed by atoms with Crippen molar-refractivity contribution in [3.8, 4) is 0 Å². The summed E-state index contributed by atoms with van der Waals surface area (Å²) in [6, 6.07) is 10.0. The quantitative estimate of drug-likeness (QED) is 0.225. The standard InChI is InChI=1S/C30H48O4Si4/c1-21-13-15-23(17-19-37(9,10)33-35(3,4)5)27-25(21)29(31)26-22(2)14-16-24(28(26)30(27)32)18-20-38(11,12)34-36(6,7)8/h13-16H,17-20H2,1-12H3.